The molecule has 23 heavy (non-hydrogen) atoms. The van der Waals surface area contributed by atoms with Gasteiger partial charge in [-0.15, -0.1) is 0 Å². The average molecular weight is 304 g/mol. The molecule has 5 heteroatoms. The van der Waals surface area contributed by atoms with Gasteiger partial charge in [-0.2, -0.15) is 0 Å². The number of fused-ring (bicyclic) bond motifs is 2. The SMILES string of the molecule is COc1ccc2oc3ccc(-c4cncnc4)cc3c(=O)c2c1. The highest BCUT2D eigenvalue weighted by Gasteiger charge is 2.10. The summed E-state index contributed by atoms with van der Waals surface area (Å²) in [6, 6.07) is 10.7. The Kier molecular flexibility index (Phi) is 3.05. The Bertz CT molecular complexity index is 1070. The molecule has 0 aliphatic rings. The van der Waals surface area contributed by atoms with Gasteiger partial charge in [-0.1, -0.05) is 6.07 Å². The summed E-state index contributed by atoms with van der Waals surface area (Å²) in [5, 5.41) is 1.02. The monoisotopic (exact) mass is 304 g/mol. The molecular weight excluding hydrogens is 292 g/mol. The van der Waals surface area contributed by atoms with Crippen LogP contribution >= 0.6 is 0 Å². The summed E-state index contributed by atoms with van der Waals surface area (Å²) in [4.78, 5) is 20.8. The second-order valence-corrected chi connectivity index (χ2v) is 5.13. The summed E-state index contributed by atoms with van der Waals surface area (Å²) >= 11 is 0. The van der Waals surface area contributed by atoms with Crippen LogP contribution in [0.15, 0.2) is 64.3 Å². The van der Waals surface area contributed by atoms with E-state index in [2.05, 4.69) is 9.97 Å². The summed E-state index contributed by atoms with van der Waals surface area (Å²) in [6.45, 7) is 0. The number of aromatic nitrogens is 2. The Morgan fingerprint density at radius 1 is 0.913 bits per heavy atom. The largest absolute Gasteiger partial charge is 0.497 e. The fourth-order valence-electron chi connectivity index (χ4n) is 2.59. The molecule has 0 amide bonds. The first-order valence-electron chi connectivity index (χ1n) is 7.06. The number of methoxy groups -OCH3 is 1. The van der Waals surface area contributed by atoms with Crippen LogP contribution < -0.4 is 10.2 Å². The molecule has 2 aromatic carbocycles. The molecule has 0 aliphatic heterocycles. The van der Waals surface area contributed by atoms with Crippen molar-refractivity contribution in [3.05, 3.63) is 65.3 Å². The zero-order chi connectivity index (χ0) is 15.8. The van der Waals surface area contributed by atoms with E-state index in [0.29, 0.717) is 27.7 Å². The van der Waals surface area contributed by atoms with E-state index >= 15 is 0 Å². The maximum absolute atomic E-state index is 12.8. The third-order valence-electron chi connectivity index (χ3n) is 3.77. The summed E-state index contributed by atoms with van der Waals surface area (Å²) in [5.41, 5.74) is 2.72. The molecule has 5 nitrogen and oxygen atoms in total. The lowest BCUT2D eigenvalue weighted by atomic mass is 10.1. The van der Waals surface area contributed by atoms with Gasteiger partial charge in [0.1, 0.15) is 23.2 Å². The quantitative estimate of drug-likeness (QED) is 0.531. The Morgan fingerprint density at radius 2 is 1.61 bits per heavy atom. The van der Waals surface area contributed by atoms with Gasteiger partial charge < -0.3 is 9.15 Å². The van der Waals surface area contributed by atoms with Crippen LogP contribution in [0.25, 0.3) is 33.1 Å². The molecule has 2 heterocycles. The van der Waals surface area contributed by atoms with Gasteiger partial charge in [0.25, 0.3) is 0 Å². The van der Waals surface area contributed by atoms with Crippen LogP contribution in [0, 0.1) is 0 Å². The van der Waals surface area contributed by atoms with Crippen LogP contribution in [0.3, 0.4) is 0 Å². The van der Waals surface area contributed by atoms with Gasteiger partial charge in [-0.25, -0.2) is 9.97 Å². The van der Waals surface area contributed by atoms with E-state index in [1.165, 1.54) is 6.33 Å². The Labute approximate surface area is 131 Å². The maximum Gasteiger partial charge on any atom is 0.200 e. The lowest BCUT2D eigenvalue weighted by Gasteiger charge is -2.05. The van der Waals surface area contributed by atoms with Gasteiger partial charge in [-0.3, -0.25) is 4.79 Å². The number of hydrogen-bond donors (Lipinski definition) is 0. The molecule has 0 radical (unpaired) electrons. The summed E-state index contributed by atoms with van der Waals surface area (Å²) in [7, 11) is 1.57. The molecule has 0 aliphatic carbocycles. The summed E-state index contributed by atoms with van der Waals surface area (Å²) in [5.74, 6) is 0.622. The second kappa shape index (κ2) is 5.21. The Hall–Kier alpha value is -3.21. The molecule has 0 spiro atoms. The second-order valence-electron chi connectivity index (χ2n) is 5.13. The van der Waals surface area contributed by atoms with Crippen molar-refractivity contribution in [3.8, 4) is 16.9 Å². The zero-order valence-electron chi connectivity index (χ0n) is 12.3. The lowest BCUT2D eigenvalue weighted by Crippen LogP contribution is -2.02. The predicted octanol–water partition coefficient (Wildman–Crippen LogP) is 3.41. The fraction of sp³-hybridized carbons (Fsp3) is 0.0556. The molecule has 4 rings (SSSR count). The first-order chi connectivity index (χ1) is 11.3. The van der Waals surface area contributed by atoms with Gasteiger partial charge in [0.05, 0.1) is 17.9 Å². The highest BCUT2D eigenvalue weighted by Crippen LogP contribution is 2.26. The van der Waals surface area contributed by atoms with Crippen molar-refractivity contribution in [2.75, 3.05) is 7.11 Å². The molecule has 2 aromatic heterocycles. The van der Waals surface area contributed by atoms with Gasteiger partial charge in [0.15, 0.2) is 0 Å². The number of ether oxygens (including phenoxy) is 1. The van der Waals surface area contributed by atoms with Crippen molar-refractivity contribution < 1.29 is 9.15 Å². The molecule has 0 N–H and O–H groups in total. The van der Waals surface area contributed by atoms with Crippen LogP contribution in [0.2, 0.25) is 0 Å². The molecule has 4 aromatic rings. The normalized spacial score (nSPS) is 11.0. The molecule has 0 atom stereocenters. The van der Waals surface area contributed by atoms with Gasteiger partial charge in [-0.05, 0) is 35.9 Å². The fourth-order valence-corrected chi connectivity index (χ4v) is 2.59. The minimum Gasteiger partial charge on any atom is -0.497 e. The zero-order valence-corrected chi connectivity index (χ0v) is 12.3. The highest BCUT2D eigenvalue weighted by molar-refractivity contribution is 5.92. The van der Waals surface area contributed by atoms with Crippen LogP contribution in [-0.2, 0) is 0 Å². The Balaban J connectivity index is 2.02. The van der Waals surface area contributed by atoms with E-state index < -0.39 is 0 Å². The lowest BCUT2D eigenvalue weighted by molar-refractivity contribution is 0.415. The summed E-state index contributed by atoms with van der Waals surface area (Å²) < 4.78 is 11.0. The van der Waals surface area contributed by atoms with Crippen LogP contribution in [0.1, 0.15) is 0 Å². The van der Waals surface area contributed by atoms with E-state index in [1.54, 1.807) is 49.8 Å². The maximum atomic E-state index is 12.8. The van der Waals surface area contributed by atoms with Crippen LogP contribution in [0.5, 0.6) is 5.75 Å². The first kappa shape index (κ1) is 13.5. The molecule has 0 unspecified atom stereocenters. The highest BCUT2D eigenvalue weighted by atomic mass is 16.5. The summed E-state index contributed by atoms with van der Waals surface area (Å²) in [6.07, 6.45) is 4.89. The van der Waals surface area contributed by atoms with Gasteiger partial charge >= 0.3 is 0 Å². The topological polar surface area (TPSA) is 65.2 Å². The molecule has 0 saturated heterocycles. The van der Waals surface area contributed by atoms with Crippen molar-refractivity contribution in [2.45, 2.75) is 0 Å². The van der Waals surface area contributed by atoms with E-state index in [1.807, 2.05) is 6.07 Å². The smallest absolute Gasteiger partial charge is 0.200 e. The van der Waals surface area contributed by atoms with E-state index in [9.17, 15) is 4.79 Å². The molecule has 0 fully saturated rings. The number of rotatable bonds is 2. The van der Waals surface area contributed by atoms with E-state index in [0.717, 1.165) is 11.1 Å². The third kappa shape index (κ3) is 2.23. The predicted molar refractivity (Wildman–Crippen MR) is 87.6 cm³/mol. The molecule has 112 valence electrons. The van der Waals surface area contributed by atoms with E-state index in [4.69, 9.17) is 9.15 Å². The molecule has 0 bridgehead atoms. The third-order valence-corrected chi connectivity index (χ3v) is 3.77. The van der Waals surface area contributed by atoms with Gasteiger partial charge in [0, 0.05) is 18.0 Å². The minimum atomic E-state index is -0.0844. The number of hydrogen-bond acceptors (Lipinski definition) is 5. The van der Waals surface area contributed by atoms with Crippen molar-refractivity contribution in [1.29, 1.82) is 0 Å². The average Bonchev–Trinajstić information content (AvgIpc) is 2.62. The van der Waals surface area contributed by atoms with Crippen LogP contribution in [0.4, 0.5) is 0 Å². The van der Waals surface area contributed by atoms with Crippen molar-refractivity contribution >= 4 is 21.9 Å². The van der Waals surface area contributed by atoms with Gasteiger partial charge in [0.2, 0.25) is 5.43 Å². The number of benzene rings is 2. The van der Waals surface area contributed by atoms with Crippen LogP contribution in [-0.4, -0.2) is 17.1 Å². The molecule has 0 saturated carbocycles. The number of nitrogens with zero attached hydrogens (tertiary/aromatic N) is 2. The van der Waals surface area contributed by atoms with Crippen molar-refractivity contribution in [1.82, 2.24) is 9.97 Å². The standard InChI is InChI=1S/C18H12N2O3/c1-22-13-3-5-17-15(7-13)18(21)14-6-11(2-4-16(14)23-17)12-8-19-10-20-9-12/h2-10H,1H3. The minimum absolute atomic E-state index is 0.0844. The van der Waals surface area contributed by atoms with Crippen molar-refractivity contribution in [3.63, 3.8) is 0 Å². The van der Waals surface area contributed by atoms with E-state index in [-0.39, 0.29) is 5.43 Å². The Morgan fingerprint density at radius 3 is 2.35 bits per heavy atom. The molecular formula is C18H12N2O3. The first-order valence-corrected chi connectivity index (χ1v) is 7.06. The van der Waals surface area contributed by atoms with Crippen molar-refractivity contribution in [2.24, 2.45) is 0 Å².